The van der Waals surface area contributed by atoms with Crippen molar-refractivity contribution in [3.05, 3.63) is 77.7 Å². The Labute approximate surface area is 162 Å². The van der Waals surface area contributed by atoms with E-state index in [1.165, 1.54) is 19.5 Å². The van der Waals surface area contributed by atoms with E-state index in [2.05, 4.69) is 20.6 Å². The summed E-state index contributed by atoms with van der Waals surface area (Å²) < 4.78 is 4.77. The van der Waals surface area contributed by atoms with Crippen LogP contribution in [0.2, 0.25) is 0 Å². The lowest BCUT2D eigenvalue weighted by molar-refractivity contribution is 0.0601. The number of nitrogens with zero attached hydrogens (tertiary/aromatic N) is 2. The molecule has 0 fully saturated rings. The van der Waals surface area contributed by atoms with E-state index in [4.69, 9.17) is 4.74 Å². The van der Waals surface area contributed by atoms with Gasteiger partial charge in [-0.1, -0.05) is 37.3 Å². The molecular formula is C21H20N4O3. The second-order valence-corrected chi connectivity index (χ2v) is 5.91. The topological polar surface area (TPSA) is 93.2 Å². The molecule has 7 heteroatoms. The number of anilines is 3. The summed E-state index contributed by atoms with van der Waals surface area (Å²) in [5, 5.41) is 5.87. The van der Waals surface area contributed by atoms with Gasteiger partial charge in [0.05, 0.1) is 30.8 Å². The monoisotopic (exact) mass is 376 g/mol. The number of benzene rings is 2. The third kappa shape index (κ3) is 4.32. The van der Waals surface area contributed by atoms with Crippen molar-refractivity contribution in [2.75, 3.05) is 17.7 Å². The summed E-state index contributed by atoms with van der Waals surface area (Å²) in [6, 6.07) is 14.5. The van der Waals surface area contributed by atoms with Crippen molar-refractivity contribution in [3.63, 3.8) is 0 Å². The maximum atomic E-state index is 12.4. The summed E-state index contributed by atoms with van der Waals surface area (Å²) in [6.45, 7) is 2.03. The van der Waals surface area contributed by atoms with Gasteiger partial charge < -0.3 is 15.4 Å². The fourth-order valence-corrected chi connectivity index (χ4v) is 2.66. The standard InChI is InChI=1S/C21H20N4O3/c1-3-14-8-4-6-10-16(14)25-20(26)18-12-23-19(13-22-18)24-17-11-7-5-9-15(17)21(27)28-2/h4-13H,3H2,1-2H3,(H,23,24)(H,25,26). The van der Waals surface area contributed by atoms with E-state index in [0.717, 1.165) is 17.7 Å². The molecule has 0 bridgehead atoms. The average Bonchev–Trinajstić information content (AvgIpc) is 2.74. The number of esters is 1. The molecule has 0 spiro atoms. The van der Waals surface area contributed by atoms with Crippen molar-refractivity contribution in [3.8, 4) is 0 Å². The minimum absolute atomic E-state index is 0.192. The summed E-state index contributed by atoms with van der Waals surface area (Å²) in [7, 11) is 1.32. The molecule has 0 aliphatic heterocycles. The zero-order valence-corrected chi connectivity index (χ0v) is 15.6. The normalized spacial score (nSPS) is 10.2. The van der Waals surface area contributed by atoms with Crippen LogP contribution < -0.4 is 10.6 Å². The van der Waals surface area contributed by atoms with Crippen molar-refractivity contribution in [1.82, 2.24) is 9.97 Å². The molecule has 0 unspecified atom stereocenters. The molecule has 3 rings (SSSR count). The molecule has 2 aromatic carbocycles. The minimum atomic E-state index is -0.457. The van der Waals surface area contributed by atoms with Crippen LogP contribution in [0.1, 0.15) is 33.3 Å². The lowest BCUT2D eigenvalue weighted by Crippen LogP contribution is -2.15. The molecule has 2 N–H and O–H groups in total. The Hall–Kier alpha value is -3.74. The Morgan fingerprint density at radius 1 is 0.964 bits per heavy atom. The smallest absolute Gasteiger partial charge is 0.339 e. The lowest BCUT2D eigenvalue weighted by Gasteiger charge is -2.11. The van der Waals surface area contributed by atoms with Crippen molar-refractivity contribution in [1.29, 1.82) is 0 Å². The molecule has 142 valence electrons. The van der Waals surface area contributed by atoms with Crippen molar-refractivity contribution >= 4 is 29.1 Å². The van der Waals surface area contributed by atoms with Crippen LogP contribution in [0.5, 0.6) is 0 Å². The van der Waals surface area contributed by atoms with Gasteiger partial charge in [0.15, 0.2) is 0 Å². The van der Waals surface area contributed by atoms with Crippen LogP contribution >= 0.6 is 0 Å². The van der Waals surface area contributed by atoms with E-state index in [-0.39, 0.29) is 11.6 Å². The van der Waals surface area contributed by atoms with Crippen molar-refractivity contribution < 1.29 is 14.3 Å². The highest BCUT2D eigenvalue weighted by atomic mass is 16.5. The maximum Gasteiger partial charge on any atom is 0.339 e. The van der Waals surface area contributed by atoms with Gasteiger partial charge in [0, 0.05) is 5.69 Å². The number of hydrogen-bond donors (Lipinski definition) is 2. The first-order chi connectivity index (χ1) is 13.6. The van der Waals surface area contributed by atoms with Gasteiger partial charge in [-0.2, -0.15) is 0 Å². The first-order valence-corrected chi connectivity index (χ1v) is 8.78. The van der Waals surface area contributed by atoms with E-state index in [9.17, 15) is 9.59 Å². The van der Waals surface area contributed by atoms with Crippen molar-refractivity contribution in [2.24, 2.45) is 0 Å². The van der Waals surface area contributed by atoms with Gasteiger partial charge in [-0.05, 0) is 30.2 Å². The van der Waals surface area contributed by atoms with Crippen LogP contribution in [-0.4, -0.2) is 29.0 Å². The summed E-state index contributed by atoms with van der Waals surface area (Å²) in [6.07, 6.45) is 3.63. The molecule has 0 atom stereocenters. The molecule has 0 saturated carbocycles. The van der Waals surface area contributed by atoms with E-state index >= 15 is 0 Å². The van der Waals surface area contributed by atoms with Crippen LogP contribution in [0.25, 0.3) is 0 Å². The minimum Gasteiger partial charge on any atom is -0.465 e. The van der Waals surface area contributed by atoms with E-state index in [1.54, 1.807) is 24.3 Å². The third-order valence-electron chi connectivity index (χ3n) is 4.13. The fraction of sp³-hybridized carbons (Fsp3) is 0.143. The van der Waals surface area contributed by atoms with Gasteiger partial charge in [0.25, 0.3) is 5.91 Å². The van der Waals surface area contributed by atoms with E-state index in [1.807, 2.05) is 31.2 Å². The molecule has 1 heterocycles. The zero-order valence-electron chi connectivity index (χ0n) is 15.6. The number of methoxy groups -OCH3 is 1. The molecule has 0 saturated heterocycles. The number of ether oxygens (including phenoxy) is 1. The second kappa shape index (κ2) is 8.77. The molecule has 1 amide bonds. The largest absolute Gasteiger partial charge is 0.465 e. The summed E-state index contributed by atoms with van der Waals surface area (Å²) in [4.78, 5) is 32.7. The Balaban J connectivity index is 1.74. The van der Waals surface area contributed by atoms with Gasteiger partial charge in [0.2, 0.25) is 0 Å². The van der Waals surface area contributed by atoms with Gasteiger partial charge >= 0.3 is 5.97 Å². The predicted molar refractivity (Wildman–Crippen MR) is 107 cm³/mol. The molecule has 3 aromatic rings. The van der Waals surface area contributed by atoms with Crippen LogP contribution in [0.3, 0.4) is 0 Å². The first-order valence-electron chi connectivity index (χ1n) is 8.78. The lowest BCUT2D eigenvalue weighted by atomic mass is 10.1. The quantitative estimate of drug-likeness (QED) is 0.635. The molecule has 0 aliphatic rings. The molecule has 0 aliphatic carbocycles. The summed E-state index contributed by atoms with van der Waals surface area (Å²) in [5.41, 5.74) is 2.91. The SMILES string of the molecule is CCc1ccccc1NC(=O)c1cnc(Nc2ccccc2C(=O)OC)cn1. The Morgan fingerprint density at radius 3 is 2.36 bits per heavy atom. The second-order valence-electron chi connectivity index (χ2n) is 5.91. The van der Waals surface area contributed by atoms with Crippen LogP contribution in [0, 0.1) is 0 Å². The number of aryl methyl sites for hydroxylation is 1. The number of amides is 1. The zero-order chi connectivity index (χ0) is 19.9. The highest BCUT2D eigenvalue weighted by Crippen LogP contribution is 2.20. The molecule has 7 nitrogen and oxygen atoms in total. The molecule has 0 radical (unpaired) electrons. The number of hydrogen-bond acceptors (Lipinski definition) is 6. The number of rotatable bonds is 6. The summed E-state index contributed by atoms with van der Waals surface area (Å²) in [5.74, 6) is -0.390. The number of nitrogens with one attached hydrogen (secondary N) is 2. The maximum absolute atomic E-state index is 12.4. The van der Waals surface area contributed by atoms with Crippen LogP contribution in [0.15, 0.2) is 60.9 Å². The van der Waals surface area contributed by atoms with Crippen LogP contribution in [0.4, 0.5) is 17.2 Å². The Morgan fingerprint density at radius 2 is 1.68 bits per heavy atom. The van der Waals surface area contributed by atoms with Gasteiger partial charge in [-0.3, -0.25) is 4.79 Å². The predicted octanol–water partition coefficient (Wildman–Crippen LogP) is 3.82. The fourth-order valence-electron chi connectivity index (χ4n) is 2.66. The third-order valence-corrected chi connectivity index (χ3v) is 4.13. The van der Waals surface area contributed by atoms with E-state index < -0.39 is 5.97 Å². The number of carbonyl (C=O) groups is 2. The average molecular weight is 376 g/mol. The van der Waals surface area contributed by atoms with Gasteiger partial charge in [0.1, 0.15) is 11.5 Å². The first kappa shape index (κ1) is 19.0. The van der Waals surface area contributed by atoms with E-state index in [0.29, 0.717) is 17.1 Å². The van der Waals surface area contributed by atoms with Crippen molar-refractivity contribution in [2.45, 2.75) is 13.3 Å². The molecule has 28 heavy (non-hydrogen) atoms. The molecule has 1 aromatic heterocycles. The number of para-hydroxylation sites is 2. The number of carbonyl (C=O) groups excluding carboxylic acids is 2. The Kier molecular flexibility index (Phi) is 5.96. The summed E-state index contributed by atoms with van der Waals surface area (Å²) >= 11 is 0. The van der Waals surface area contributed by atoms with Crippen LogP contribution in [-0.2, 0) is 11.2 Å². The Bertz CT molecular complexity index is 987. The van der Waals surface area contributed by atoms with Gasteiger partial charge in [-0.15, -0.1) is 0 Å². The highest BCUT2D eigenvalue weighted by Gasteiger charge is 2.13. The highest BCUT2D eigenvalue weighted by molar-refractivity contribution is 6.03. The van der Waals surface area contributed by atoms with Gasteiger partial charge in [-0.25, -0.2) is 14.8 Å². The molecular weight excluding hydrogens is 356 g/mol. The number of aromatic nitrogens is 2.